The SMILES string of the molecule is CCNS(=O)(=O)c1ccc(C(=O)O[C@H](C)C(=O)Nc2ccc(C(C)=O)cc2)cc1. The number of hydrogen-bond acceptors (Lipinski definition) is 6. The topological polar surface area (TPSA) is 119 Å². The first kappa shape index (κ1) is 22.3. The van der Waals surface area contributed by atoms with Crippen LogP contribution in [0.3, 0.4) is 0 Å². The van der Waals surface area contributed by atoms with Crippen LogP contribution < -0.4 is 10.0 Å². The fourth-order valence-electron chi connectivity index (χ4n) is 2.36. The molecule has 0 aliphatic heterocycles. The van der Waals surface area contributed by atoms with Gasteiger partial charge < -0.3 is 10.1 Å². The molecule has 29 heavy (non-hydrogen) atoms. The van der Waals surface area contributed by atoms with Gasteiger partial charge in [-0.15, -0.1) is 0 Å². The molecule has 0 heterocycles. The van der Waals surface area contributed by atoms with Gasteiger partial charge in [0.25, 0.3) is 5.91 Å². The second kappa shape index (κ2) is 9.44. The largest absolute Gasteiger partial charge is 0.449 e. The molecular formula is C20H22N2O6S. The number of anilines is 1. The van der Waals surface area contributed by atoms with Crippen LogP contribution in [0.5, 0.6) is 0 Å². The first-order valence-corrected chi connectivity index (χ1v) is 10.3. The molecule has 0 aromatic heterocycles. The van der Waals surface area contributed by atoms with Crippen molar-refractivity contribution in [2.45, 2.75) is 31.8 Å². The fourth-order valence-corrected chi connectivity index (χ4v) is 3.40. The molecule has 1 amide bonds. The lowest BCUT2D eigenvalue weighted by Crippen LogP contribution is -2.30. The first-order valence-electron chi connectivity index (χ1n) is 8.86. The summed E-state index contributed by atoms with van der Waals surface area (Å²) < 4.78 is 31.3. The van der Waals surface area contributed by atoms with Crippen LogP contribution in [0, 0.1) is 0 Å². The van der Waals surface area contributed by atoms with Gasteiger partial charge in [0, 0.05) is 17.8 Å². The quantitative estimate of drug-likeness (QED) is 0.502. The summed E-state index contributed by atoms with van der Waals surface area (Å²) in [5, 5.41) is 2.59. The van der Waals surface area contributed by atoms with Gasteiger partial charge in [0.15, 0.2) is 11.9 Å². The van der Waals surface area contributed by atoms with Gasteiger partial charge in [0.1, 0.15) is 0 Å². The lowest BCUT2D eigenvalue weighted by molar-refractivity contribution is -0.123. The molecule has 2 rings (SSSR count). The highest BCUT2D eigenvalue weighted by Crippen LogP contribution is 2.14. The monoisotopic (exact) mass is 418 g/mol. The van der Waals surface area contributed by atoms with E-state index in [1.807, 2.05) is 0 Å². The Kier molecular flexibility index (Phi) is 7.24. The van der Waals surface area contributed by atoms with Crippen molar-refractivity contribution in [3.63, 3.8) is 0 Å². The lowest BCUT2D eigenvalue weighted by atomic mass is 10.1. The number of benzene rings is 2. The van der Waals surface area contributed by atoms with Crippen LogP contribution in [0.25, 0.3) is 0 Å². The number of hydrogen-bond donors (Lipinski definition) is 2. The average molecular weight is 418 g/mol. The maximum atomic E-state index is 12.2. The van der Waals surface area contributed by atoms with E-state index < -0.39 is 28.0 Å². The Bertz CT molecular complexity index is 998. The van der Waals surface area contributed by atoms with E-state index in [2.05, 4.69) is 10.0 Å². The molecule has 9 heteroatoms. The van der Waals surface area contributed by atoms with E-state index in [9.17, 15) is 22.8 Å². The van der Waals surface area contributed by atoms with E-state index in [1.165, 1.54) is 38.1 Å². The molecule has 0 aliphatic rings. The van der Waals surface area contributed by atoms with E-state index in [1.54, 1.807) is 31.2 Å². The number of Topliss-reactive ketones (excluding diaryl/α,β-unsaturated/α-hetero) is 1. The maximum Gasteiger partial charge on any atom is 0.338 e. The van der Waals surface area contributed by atoms with E-state index in [4.69, 9.17) is 4.74 Å². The standard InChI is InChI=1S/C20H22N2O6S/c1-4-21-29(26,27)18-11-7-16(8-12-18)20(25)28-14(3)19(24)22-17-9-5-15(6-10-17)13(2)23/h5-12,14,21H,4H2,1-3H3,(H,22,24)/t14-/m1/s1. The van der Waals surface area contributed by atoms with Crippen molar-refractivity contribution in [3.8, 4) is 0 Å². The minimum atomic E-state index is -3.62. The van der Waals surface area contributed by atoms with Crippen molar-refractivity contribution in [2.75, 3.05) is 11.9 Å². The zero-order chi connectivity index (χ0) is 21.6. The van der Waals surface area contributed by atoms with Gasteiger partial charge >= 0.3 is 5.97 Å². The summed E-state index contributed by atoms with van der Waals surface area (Å²) in [6, 6.07) is 11.5. The summed E-state index contributed by atoms with van der Waals surface area (Å²) in [5.74, 6) is -1.39. The van der Waals surface area contributed by atoms with Gasteiger partial charge in [-0.05, 0) is 62.4 Å². The van der Waals surface area contributed by atoms with Crippen molar-refractivity contribution in [3.05, 3.63) is 59.7 Å². The molecule has 0 saturated carbocycles. The van der Waals surface area contributed by atoms with Gasteiger partial charge in [-0.1, -0.05) is 6.92 Å². The van der Waals surface area contributed by atoms with Crippen molar-refractivity contribution < 1.29 is 27.5 Å². The Hall–Kier alpha value is -3.04. The Balaban J connectivity index is 1.98. The summed E-state index contributed by atoms with van der Waals surface area (Å²) >= 11 is 0. The summed E-state index contributed by atoms with van der Waals surface area (Å²) in [6.07, 6.45) is -1.08. The Morgan fingerprint density at radius 3 is 2.03 bits per heavy atom. The zero-order valence-electron chi connectivity index (χ0n) is 16.3. The van der Waals surface area contributed by atoms with Gasteiger partial charge in [-0.3, -0.25) is 9.59 Å². The molecule has 0 saturated heterocycles. The van der Waals surface area contributed by atoms with Crippen molar-refractivity contribution in [2.24, 2.45) is 0 Å². The number of sulfonamides is 1. The lowest BCUT2D eigenvalue weighted by Gasteiger charge is -2.14. The highest BCUT2D eigenvalue weighted by Gasteiger charge is 2.20. The number of amides is 1. The number of nitrogens with one attached hydrogen (secondary N) is 2. The van der Waals surface area contributed by atoms with Crippen molar-refractivity contribution in [1.82, 2.24) is 4.72 Å². The molecule has 0 unspecified atom stereocenters. The van der Waals surface area contributed by atoms with Gasteiger partial charge in [0.05, 0.1) is 10.5 Å². The van der Waals surface area contributed by atoms with Crippen LogP contribution in [0.2, 0.25) is 0 Å². The van der Waals surface area contributed by atoms with E-state index in [0.29, 0.717) is 11.3 Å². The van der Waals surface area contributed by atoms with Crippen molar-refractivity contribution in [1.29, 1.82) is 0 Å². The minimum Gasteiger partial charge on any atom is -0.449 e. The second-order valence-electron chi connectivity index (χ2n) is 6.20. The minimum absolute atomic E-state index is 0.0238. The second-order valence-corrected chi connectivity index (χ2v) is 7.96. The Morgan fingerprint density at radius 1 is 0.966 bits per heavy atom. The van der Waals surface area contributed by atoms with E-state index in [0.717, 1.165) is 0 Å². The van der Waals surface area contributed by atoms with Gasteiger partial charge in [0.2, 0.25) is 10.0 Å². The molecule has 2 aromatic carbocycles. The average Bonchev–Trinajstić information content (AvgIpc) is 2.68. The molecule has 0 fully saturated rings. The van der Waals surface area contributed by atoms with E-state index in [-0.39, 0.29) is 22.8 Å². The van der Waals surface area contributed by atoms with Crippen LogP contribution in [-0.2, 0) is 19.6 Å². The molecule has 0 aliphatic carbocycles. The number of rotatable bonds is 8. The predicted octanol–water partition coefficient (Wildman–Crippen LogP) is 2.37. The highest BCUT2D eigenvalue weighted by atomic mass is 32.2. The summed E-state index contributed by atoms with van der Waals surface area (Å²) in [7, 11) is -3.62. The molecule has 0 bridgehead atoms. The normalized spacial score (nSPS) is 12.1. The third-order valence-electron chi connectivity index (χ3n) is 3.95. The number of ether oxygens (including phenoxy) is 1. The molecule has 0 radical (unpaired) electrons. The zero-order valence-corrected chi connectivity index (χ0v) is 17.1. The highest BCUT2D eigenvalue weighted by molar-refractivity contribution is 7.89. The van der Waals surface area contributed by atoms with Gasteiger partial charge in [-0.2, -0.15) is 0 Å². The summed E-state index contributed by atoms with van der Waals surface area (Å²) in [5.41, 5.74) is 1.09. The van der Waals surface area contributed by atoms with E-state index >= 15 is 0 Å². The smallest absolute Gasteiger partial charge is 0.338 e. The van der Waals surface area contributed by atoms with Crippen LogP contribution in [-0.4, -0.2) is 38.7 Å². The molecule has 8 nitrogen and oxygen atoms in total. The Morgan fingerprint density at radius 2 is 1.52 bits per heavy atom. The predicted molar refractivity (Wildman–Crippen MR) is 107 cm³/mol. The Labute approximate surface area is 169 Å². The van der Waals surface area contributed by atoms with Gasteiger partial charge in [-0.25, -0.2) is 17.9 Å². The van der Waals surface area contributed by atoms with Crippen LogP contribution in [0.15, 0.2) is 53.4 Å². The third-order valence-corrected chi connectivity index (χ3v) is 5.51. The van der Waals surface area contributed by atoms with Crippen LogP contribution in [0.4, 0.5) is 5.69 Å². The summed E-state index contributed by atoms with van der Waals surface area (Å²) in [6.45, 7) is 4.77. The van der Waals surface area contributed by atoms with Crippen molar-refractivity contribution >= 4 is 33.4 Å². The summed E-state index contributed by atoms with van der Waals surface area (Å²) in [4.78, 5) is 35.7. The molecule has 0 spiro atoms. The number of esters is 1. The number of carbonyl (C=O) groups is 3. The molecule has 2 N–H and O–H groups in total. The van der Waals surface area contributed by atoms with Crippen LogP contribution >= 0.6 is 0 Å². The number of ketones is 1. The van der Waals surface area contributed by atoms with Crippen LogP contribution in [0.1, 0.15) is 41.5 Å². The first-order chi connectivity index (χ1) is 13.6. The molecular weight excluding hydrogens is 396 g/mol. The third kappa shape index (κ3) is 5.97. The number of carbonyl (C=O) groups excluding carboxylic acids is 3. The fraction of sp³-hybridized carbons (Fsp3) is 0.250. The molecule has 154 valence electrons. The molecule has 2 aromatic rings. The maximum absolute atomic E-state index is 12.2. The molecule has 1 atom stereocenters.